The van der Waals surface area contributed by atoms with E-state index in [-0.39, 0.29) is 0 Å². The summed E-state index contributed by atoms with van der Waals surface area (Å²) in [5, 5.41) is 0. The van der Waals surface area contributed by atoms with Crippen molar-refractivity contribution in [1.82, 2.24) is 0 Å². The molecular weight excluding hydrogens is 230 g/mol. The van der Waals surface area contributed by atoms with Crippen LogP contribution in [0.3, 0.4) is 0 Å². The Bertz CT molecular complexity index is 648. The maximum Gasteiger partial charge on any atom is 0.0525 e. The van der Waals surface area contributed by atoms with Gasteiger partial charge in [0, 0.05) is 16.7 Å². The van der Waals surface area contributed by atoms with Crippen LogP contribution in [-0.2, 0) is 10.1 Å². The summed E-state index contributed by atoms with van der Waals surface area (Å²) in [6, 6.07) is 14.1. The van der Waals surface area contributed by atoms with E-state index in [9.17, 15) is 4.21 Å². The van der Waals surface area contributed by atoms with E-state index < -0.39 is 10.1 Å². The lowest BCUT2D eigenvalue weighted by atomic mass is 10.0. The van der Waals surface area contributed by atoms with Gasteiger partial charge in [0.2, 0.25) is 0 Å². The fourth-order valence-corrected chi connectivity index (χ4v) is 4.71. The lowest BCUT2D eigenvalue weighted by molar-refractivity contribution is 0.677. The number of hydrogen-bond acceptors (Lipinski definition) is 1. The molecule has 2 aromatic carbocycles. The summed E-state index contributed by atoms with van der Waals surface area (Å²) in [4.78, 5) is 0.971. The minimum absolute atomic E-state index is 0.969. The van der Waals surface area contributed by atoms with E-state index in [0.29, 0.717) is 0 Å². The molecule has 0 saturated carbocycles. The molecule has 2 aromatic rings. The van der Waals surface area contributed by atoms with Crippen molar-refractivity contribution in [2.45, 2.75) is 11.8 Å². The predicted molar refractivity (Wildman–Crippen MR) is 74.0 cm³/mol. The zero-order chi connectivity index (χ0) is 12.0. The van der Waals surface area contributed by atoms with Crippen molar-refractivity contribution in [2.24, 2.45) is 0 Å². The Morgan fingerprint density at radius 2 is 1.71 bits per heavy atom. The van der Waals surface area contributed by atoms with Crippen LogP contribution in [0.5, 0.6) is 0 Å². The van der Waals surface area contributed by atoms with E-state index in [4.69, 9.17) is 0 Å². The Kier molecular flexibility index (Phi) is 2.13. The van der Waals surface area contributed by atoms with Crippen LogP contribution in [0.4, 0.5) is 5.69 Å². The first-order valence-electron chi connectivity index (χ1n) is 5.65. The van der Waals surface area contributed by atoms with Gasteiger partial charge < -0.3 is 4.72 Å². The molecule has 0 bridgehead atoms. The van der Waals surface area contributed by atoms with Crippen LogP contribution < -0.4 is 4.72 Å². The molecule has 0 fully saturated rings. The highest BCUT2D eigenvalue weighted by atomic mass is 32.3. The summed E-state index contributed by atoms with van der Waals surface area (Å²) in [7, 11) is -2.50. The average Bonchev–Trinajstić information content (AvgIpc) is 2.28. The summed E-state index contributed by atoms with van der Waals surface area (Å²) < 4.78 is 15.9. The molecule has 88 valence electrons. The van der Waals surface area contributed by atoms with Crippen LogP contribution in [0, 0.1) is 6.92 Å². The van der Waals surface area contributed by atoms with Gasteiger partial charge in [0.1, 0.15) is 0 Å². The van der Waals surface area contributed by atoms with Gasteiger partial charge in [-0.1, -0.05) is 36.4 Å². The maximum atomic E-state index is 12.7. The van der Waals surface area contributed by atoms with Gasteiger partial charge in [-0.2, -0.15) is 0 Å². The minimum Gasteiger partial charge on any atom is -0.323 e. The molecule has 0 spiro atoms. The second-order valence-electron chi connectivity index (χ2n) is 4.55. The third-order valence-electron chi connectivity index (χ3n) is 3.22. The average molecular weight is 245 g/mol. The largest absolute Gasteiger partial charge is 0.323 e. The number of rotatable bonds is 0. The van der Waals surface area contributed by atoms with E-state index in [0.717, 1.165) is 27.3 Å². The fourth-order valence-electron chi connectivity index (χ4n) is 2.54. The Morgan fingerprint density at radius 3 is 2.53 bits per heavy atom. The monoisotopic (exact) mass is 245 g/mol. The van der Waals surface area contributed by atoms with E-state index in [1.54, 1.807) is 6.26 Å². The highest BCUT2D eigenvalue weighted by molar-refractivity contribution is 8.03. The molecule has 3 heteroatoms. The molecule has 3 rings (SSSR count). The predicted octanol–water partition coefficient (Wildman–Crippen LogP) is 3.01. The van der Waals surface area contributed by atoms with E-state index >= 15 is 0 Å². The third kappa shape index (κ3) is 1.50. The van der Waals surface area contributed by atoms with Gasteiger partial charge in [-0.3, -0.25) is 4.21 Å². The zero-order valence-corrected chi connectivity index (χ0v) is 10.8. The molecular formula is C14H15NOS. The van der Waals surface area contributed by atoms with Gasteiger partial charge in [-0.15, -0.1) is 0 Å². The van der Waals surface area contributed by atoms with Crippen molar-refractivity contribution in [1.29, 1.82) is 0 Å². The van der Waals surface area contributed by atoms with Crippen LogP contribution in [-0.4, -0.2) is 10.5 Å². The van der Waals surface area contributed by atoms with E-state index in [1.807, 2.05) is 37.3 Å². The van der Waals surface area contributed by atoms with Crippen LogP contribution in [0.1, 0.15) is 5.56 Å². The van der Waals surface area contributed by atoms with Crippen LogP contribution in [0.25, 0.3) is 11.1 Å². The Hall–Kier alpha value is -1.61. The topological polar surface area (TPSA) is 29.1 Å². The van der Waals surface area contributed by atoms with Gasteiger partial charge in [-0.25, -0.2) is 0 Å². The summed E-state index contributed by atoms with van der Waals surface area (Å²) in [5.41, 5.74) is 4.30. The summed E-state index contributed by atoms with van der Waals surface area (Å²) in [6.45, 7) is 2.02. The highest BCUT2D eigenvalue weighted by Gasteiger charge is 2.25. The summed E-state index contributed by atoms with van der Waals surface area (Å²) in [6.07, 6.45) is 1.80. The minimum atomic E-state index is -2.50. The number of nitrogens with one attached hydrogen (secondary N) is 1. The SMILES string of the molecule is Cc1cccc2c1[SH](C)(=O)Nc1ccccc1-2. The lowest BCUT2D eigenvalue weighted by Crippen LogP contribution is -2.26. The zero-order valence-electron chi connectivity index (χ0n) is 9.90. The molecule has 0 atom stereocenters. The number of anilines is 1. The second-order valence-corrected chi connectivity index (χ2v) is 7.07. The second kappa shape index (κ2) is 3.44. The number of hydrogen-bond donors (Lipinski definition) is 2. The number of fused-ring (bicyclic) bond motifs is 3. The van der Waals surface area contributed by atoms with Crippen molar-refractivity contribution in [3.8, 4) is 11.1 Å². The molecule has 0 saturated heterocycles. The lowest BCUT2D eigenvalue weighted by Gasteiger charge is -2.32. The van der Waals surface area contributed by atoms with Gasteiger partial charge >= 0.3 is 0 Å². The van der Waals surface area contributed by atoms with Crippen molar-refractivity contribution in [2.75, 3.05) is 11.0 Å². The normalized spacial score (nSPS) is 17.5. The van der Waals surface area contributed by atoms with Gasteiger partial charge in [0.05, 0.1) is 5.69 Å². The molecule has 1 heterocycles. The number of thiol groups is 1. The smallest absolute Gasteiger partial charge is 0.0525 e. The van der Waals surface area contributed by atoms with Gasteiger partial charge in [0.15, 0.2) is 0 Å². The van der Waals surface area contributed by atoms with Crippen molar-refractivity contribution < 1.29 is 4.21 Å². The summed E-state index contributed by atoms with van der Waals surface area (Å²) >= 11 is 0. The maximum absolute atomic E-state index is 12.7. The first-order chi connectivity index (χ1) is 8.09. The molecule has 0 aromatic heterocycles. The third-order valence-corrected chi connectivity index (χ3v) is 5.33. The Morgan fingerprint density at radius 1 is 1.00 bits per heavy atom. The Labute approximate surface area is 102 Å². The van der Waals surface area contributed by atoms with Crippen LogP contribution in [0.2, 0.25) is 0 Å². The highest BCUT2D eigenvalue weighted by Crippen LogP contribution is 2.42. The summed E-state index contributed by atoms with van der Waals surface area (Å²) in [5.74, 6) is 0. The molecule has 17 heavy (non-hydrogen) atoms. The van der Waals surface area contributed by atoms with Gasteiger partial charge in [0.25, 0.3) is 0 Å². The first kappa shape index (κ1) is 10.5. The number of benzene rings is 2. The fraction of sp³-hybridized carbons (Fsp3) is 0.143. The quantitative estimate of drug-likeness (QED) is 0.686. The van der Waals surface area contributed by atoms with Crippen molar-refractivity contribution in [3.63, 3.8) is 0 Å². The van der Waals surface area contributed by atoms with E-state index in [1.165, 1.54) is 0 Å². The van der Waals surface area contributed by atoms with Crippen LogP contribution in [0.15, 0.2) is 47.4 Å². The molecule has 2 nitrogen and oxygen atoms in total. The van der Waals surface area contributed by atoms with Crippen molar-refractivity contribution >= 4 is 15.8 Å². The molecule has 0 radical (unpaired) electrons. The number of para-hydroxylation sites is 1. The number of aryl methyl sites for hydroxylation is 1. The Balaban J connectivity index is 2.41. The molecule has 0 aliphatic carbocycles. The molecule has 1 aliphatic rings. The molecule has 1 aliphatic heterocycles. The van der Waals surface area contributed by atoms with E-state index in [2.05, 4.69) is 16.9 Å². The molecule has 1 N–H and O–H groups in total. The van der Waals surface area contributed by atoms with Crippen molar-refractivity contribution in [3.05, 3.63) is 48.0 Å². The van der Waals surface area contributed by atoms with Gasteiger partial charge in [-0.05, 0) is 34.2 Å². The molecule has 0 amide bonds. The van der Waals surface area contributed by atoms with Crippen LogP contribution >= 0.6 is 0 Å². The molecule has 0 unspecified atom stereocenters. The standard InChI is InChI=1S/C14H15NOS/c1-10-6-5-8-12-11-7-3-4-9-13(11)15-17(2,16)14(10)12/h3-9,17H,1-2H3,(H,15,16). The first-order valence-corrected chi connectivity index (χ1v) is 7.80.